The molecule has 1 aliphatic carbocycles. The summed E-state index contributed by atoms with van der Waals surface area (Å²) in [6.07, 6.45) is 5.99. The Labute approximate surface area is 146 Å². The van der Waals surface area contributed by atoms with E-state index in [1.54, 1.807) is 4.90 Å². The fraction of sp³-hybridized carbons (Fsp3) is 0.529. The molecule has 0 spiro atoms. The number of para-hydroxylation sites is 1. The summed E-state index contributed by atoms with van der Waals surface area (Å²) in [4.78, 5) is 14.4. The zero-order chi connectivity index (χ0) is 16.8. The van der Waals surface area contributed by atoms with Crippen molar-refractivity contribution < 1.29 is 4.79 Å². The Morgan fingerprint density at radius 2 is 2.00 bits per heavy atom. The van der Waals surface area contributed by atoms with E-state index in [0.717, 1.165) is 23.7 Å². The third-order valence-electron chi connectivity index (χ3n) is 4.39. The van der Waals surface area contributed by atoms with Gasteiger partial charge in [0.15, 0.2) is 0 Å². The average molecular weight is 345 g/mol. The molecule has 0 saturated heterocycles. The highest BCUT2D eigenvalue weighted by atomic mass is 32.2. The predicted octanol–water partition coefficient (Wildman–Crippen LogP) is 3.32. The molecule has 128 valence electrons. The molecule has 0 bridgehead atoms. The van der Waals surface area contributed by atoms with Crippen molar-refractivity contribution in [1.29, 1.82) is 0 Å². The number of carbonyl (C=O) groups is 1. The summed E-state index contributed by atoms with van der Waals surface area (Å²) in [5, 5.41) is 12.8. The molecule has 3 rings (SSSR count). The Balaban J connectivity index is 1.63. The fourth-order valence-corrected chi connectivity index (χ4v) is 3.97. The number of benzene rings is 1. The fourth-order valence-electron chi connectivity index (χ4n) is 3.15. The largest absolute Gasteiger partial charge is 0.312 e. The first-order valence-corrected chi connectivity index (χ1v) is 9.54. The summed E-state index contributed by atoms with van der Waals surface area (Å²) in [5.74, 6) is 0.419. The molecule has 6 nitrogen and oxygen atoms in total. The van der Waals surface area contributed by atoms with Crippen molar-refractivity contribution in [3.63, 3.8) is 0 Å². The number of carbonyl (C=O) groups excluding carboxylic acids is 1. The van der Waals surface area contributed by atoms with Crippen molar-refractivity contribution in [2.24, 2.45) is 0 Å². The maximum absolute atomic E-state index is 12.6. The molecule has 1 amide bonds. The SMILES string of the molecule is CCN(C(=O)CSc1nnnn1C1CCCCC1)c1ccccc1. The molecule has 1 aliphatic rings. The standard InChI is InChI=1S/C17H23N5OS/c1-2-21(14-9-5-3-6-10-14)16(23)13-24-17-18-19-20-22(17)15-11-7-4-8-12-15/h3,5-6,9-10,15H,2,4,7-8,11-13H2,1H3. The van der Waals surface area contributed by atoms with Crippen LogP contribution in [0.4, 0.5) is 5.69 Å². The highest BCUT2D eigenvalue weighted by Crippen LogP contribution is 2.30. The van der Waals surface area contributed by atoms with Crippen LogP contribution in [0.5, 0.6) is 0 Å². The van der Waals surface area contributed by atoms with Crippen LogP contribution in [0.1, 0.15) is 45.1 Å². The van der Waals surface area contributed by atoms with Gasteiger partial charge in [-0.1, -0.05) is 49.2 Å². The van der Waals surface area contributed by atoms with Crippen LogP contribution < -0.4 is 4.90 Å². The van der Waals surface area contributed by atoms with Crippen molar-refractivity contribution in [2.75, 3.05) is 17.2 Å². The molecule has 0 atom stereocenters. The van der Waals surface area contributed by atoms with Crippen molar-refractivity contribution >= 4 is 23.4 Å². The van der Waals surface area contributed by atoms with Crippen LogP contribution >= 0.6 is 11.8 Å². The topological polar surface area (TPSA) is 63.9 Å². The van der Waals surface area contributed by atoms with E-state index in [1.807, 2.05) is 41.9 Å². The second kappa shape index (κ2) is 8.28. The van der Waals surface area contributed by atoms with Gasteiger partial charge in [0.2, 0.25) is 11.1 Å². The van der Waals surface area contributed by atoms with Crippen LogP contribution in [0.15, 0.2) is 35.5 Å². The summed E-state index contributed by atoms with van der Waals surface area (Å²) in [5.41, 5.74) is 0.928. The van der Waals surface area contributed by atoms with Crippen LogP contribution in [0.2, 0.25) is 0 Å². The molecule has 24 heavy (non-hydrogen) atoms. The lowest BCUT2D eigenvalue weighted by Gasteiger charge is -2.23. The quantitative estimate of drug-likeness (QED) is 0.752. The summed E-state index contributed by atoms with van der Waals surface area (Å²) < 4.78 is 1.91. The Bertz CT molecular complexity index is 654. The Morgan fingerprint density at radius 1 is 1.25 bits per heavy atom. The van der Waals surface area contributed by atoms with Crippen LogP contribution in [0, 0.1) is 0 Å². The van der Waals surface area contributed by atoms with Gasteiger partial charge in [-0.15, -0.1) is 5.10 Å². The summed E-state index contributed by atoms with van der Waals surface area (Å²) in [6.45, 7) is 2.64. The van der Waals surface area contributed by atoms with E-state index in [9.17, 15) is 4.79 Å². The van der Waals surface area contributed by atoms with Crippen molar-refractivity contribution in [1.82, 2.24) is 20.2 Å². The van der Waals surface area contributed by atoms with E-state index in [-0.39, 0.29) is 5.91 Å². The maximum Gasteiger partial charge on any atom is 0.237 e. The molecule has 7 heteroatoms. The number of rotatable bonds is 6. The first-order chi connectivity index (χ1) is 11.8. The second-order valence-electron chi connectivity index (χ2n) is 5.96. The smallest absolute Gasteiger partial charge is 0.237 e. The molecule has 1 saturated carbocycles. The van der Waals surface area contributed by atoms with Gasteiger partial charge in [0.05, 0.1) is 11.8 Å². The number of hydrogen-bond donors (Lipinski definition) is 0. The minimum Gasteiger partial charge on any atom is -0.312 e. The third kappa shape index (κ3) is 3.95. The van der Waals surface area contributed by atoms with E-state index >= 15 is 0 Å². The zero-order valence-corrected chi connectivity index (χ0v) is 14.8. The number of aromatic nitrogens is 4. The van der Waals surface area contributed by atoms with Gasteiger partial charge in [0, 0.05) is 12.2 Å². The molecule has 0 unspecified atom stereocenters. The summed E-state index contributed by atoms with van der Waals surface area (Å²) >= 11 is 1.43. The van der Waals surface area contributed by atoms with Crippen LogP contribution in [0.3, 0.4) is 0 Å². The van der Waals surface area contributed by atoms with E-state index in [1.165, 1.54) is 31.0 Å². The molecule has 1 aromatic heterocycles. The van der Waals surface area contributed by atoms with Crippen LogP contribution in [-0.4, -0.2) is 38.4 Å². The molecule has 1 heterocycles. The first kappa shape index (κ1) is 17.0. The Morgan fingerprint density at radius 3 is 2.71 bits per heavy atom. The van der Waals surface area contributed by atoms with Gasteiger partial charge in [0.25, 0.3) is 0 Å². The minimum absolute atomic E-state index is 0.0758. The van der Waals surface area contributed by atoms with Gasteiger partial charge < -0.3 is 4.90 Å². The molecular weight excluding hydrogens is 322 g/mol. The van der Waals surface area contributed by atoms with Crippen molar-refractivity contribution in [3.8, 4) is 0 Å². The Hall–Kier alpha value is -1.89. The lowest BCUT2D eigenvalue weighted by molar-refractivity contribution is -0.116. The number of anilines is 1. The van der Waals surface area contributed by atoms with Crippen LogP contribution in [0.25, 0.3) is 0 Å². The second-order valence-corrected chi connectivity index (χ2v) is 6.90. The minimum atomic E-state index is 0.0758. The van der Waals surface area contributed by atoms with Crippen LogP contribution in [-0.2, 0) is 4.79 Å². The van der Waals surface area contributed by atoms with Gasteiger partial charge in [-0.3, -0.25) is 4.79 Å². The first-order valence-electron chi connectivity index (χ1n) is 8.55. The van der Waals surface area contributed by atoms with E-state index < -0.39 is 0 Å². The predicted molar refractivity (Wildman–Crippen MR) is 95.1 cm³/mol. The normalized spacial score (nSPS) is 15.4. The summed E-state index contributed by atoms with van der Waals surface area (Å²) in [6, 6.07) is 10.1. The van der Waals surface area contributed by atoms with Crippen molar-refractivity contribution in [3.05, 3.63) is 30.3 Å². The lowest BCUT2D eigenvalue weighted by Crippen LogP contribution is -2.32. The van der Waals surface area contributed by atoms with Gasteiger partial charge >= 0.3 is 0 Å². The highest BCUT2D eigenvalue weighted by molar-refractivity contribution is 7.99. The number of thioether (sulfide) groups is 1. The molecule has 0 aliphatic heterocycles. The molecule has 0 radical (unpaired) electrons. The maximum atomic E-state index is 12.6. The number of tetrazole rings is 1. The molecule has 1 fully saturated rings. The van der Waals surface area contributed by atoms with Crippen molar-refractivity contribution in [2.45, 2.75) is 50.2 Å². The average Bonchev–Trinajstić information content (AvgIpc) is 3.11. The molecule has 2 aromatic rings. The van der Waals surface area contributed by atoms with E-state index in [4.69, 9.17) is 0 Å². The molecule has 1 aromatic carbocycles. The number of hydrogen-bond acceptors (Lipinski definition) is 5. The highest BCUT2D eigenvalue weighted by Gasteiger charge is 2.22. The molecule has 0 N–H and O–H groups in total. The monoisotopic (exact) mass is 345 g/mol. The number of amides is 1. The van der Waals surface area contributed by atoms with E-state index in [2.05, 4.69) is 15.5 Å². The Kier molecular flexibility index (Phi) is 5.85. The van der Waals surface area contributed by atoms with E-state index in [0.29, 0.717) is 18.3 Å². The number of nitrogens with zero attached hydrogens (tertiary/aromatic N) is 5. The van der Waals surface area contributed by atoms with Gasteiger partial charge in [-0.05, 0) is 42.3 Å². The third-order valence-corrected chi connectivity index (χ3v) is 5.31. The summed E-state index contributed by atoms with van der Waals surface area (Å²) in [7, 11) is 0. The van der Waals surface area contributed by atoms with Gasteiger partial charge in [-0.25, -0.2) is 4.68 Å². The van der Waals surface area contributed by atoms with Gasteiger partial charge in [-0.2, -0.15) is 0 Å². The van der Waals surface area contributed by atoms with Gasteiger partial charge in [0.1, 0.15) is 0 Å². The lowest BCUT2D eigenvalue weighted by atomic mass is 9.96. The zero-order valence-electron chi connectivity index (χ0n) is 14.0. The molecular formula is C17H23N5OS.